The van der Waals surface area contributed by atoms with E-state index in [2.05, 4.69) is 55.4 Å². The van der Waals surface area contributed by atoms with Crippen molar-refractivity contribution in [1.29, 1.82) is 0 Å². The first-order valence-corrected chi connectivity index (χ1v) is 41.7. The summed E-state index contributed by atoms with van der Waals surface area (Å²) in [4.78, 5) is 72.7. The Morgan fingerprint density at radius 3 is 0.660 bits per heavy atom. The van der Waals surface area contributed by atoms with E-state index in [-0.39, 0.29) is 25.7 Å². The summed E-state index contributed by atoms with van der Waals surface area (Å²) in [6, 6.07) is 0. The van der Waals surface area contributed by atoms with Crippen LogP contribution < -0.4 is 0 Å². The van der Waals surface area contributed by atoms with Crippen LogP contribution in [0.2, 0.25) is 0 Å². The van der Waals surface area contributed by atoms with Crippen LogP contribution in [-0.4, -0.2) is 96.7 Å². The first-order chi connectivity index (χ1) is 45.1. The second kappa shape index (κ2) is 64.4. The molecule has 19 heteroatoms. The molecule has 0 aromatic heterocycles. The quantitative estimate of drug-likeness (QED) is 0.0222. The molecule has 0 aliphatic carbocycles. The molecule has 2 unspecified atom stereocenters. The predicted octanol–water partition coefficient (Wildman–Crippen LogP) is 21.7. The fourth-order valence-corrected chi connectivity index (χ4v) is 13.0. The maximum Gasteiger partial charge on any atom is 0.472 e. The molecule has 0 aromatic carbocycles. The molecule has 0 saturated carbocycles. The highest BCUT2D eigenvalue weighted by atomic mass is 31.2. The summed E-state index contributed by atoms with van der Waals surface area (Å²) < 4.78 is 68.5. The van der Waals surface area contributed by atoms with Crippen LogP contribution in [0.15, 0.2) is 0 Å². The second-order valence-electron chi connectivity index (χ2n) is 28.9. The normalized spacial score (nSPS) is 14.2. The van der Waals surface area contributed by atoms with Gasteiger partial charge in [-0.15, -0.1) is 0 Å². The molecule has 17 nitrogen and oxygen atoms in total. The van der Waals surface area contributed by atoms with Crippen LogP contribution in [0.3, 0.4) is 0 Å². The smallest absolute Gasteiger partial charge is 0.462 e. The third kappa shape index (κ3) is 68.6. The molecule has 5 atom stereocenters. The zero-order valence-electron chi connectivity index (χ0n) is 61.6. The Hall–Kier alpha value is -1.94. The first-order valence-electron chi connectivity index (χ1n) is 38.7. The molecule has 94 heavy (non-hydrogen) atoms. The standard InChI is InChI=1S/C75H146O17P2/c1-65(2)51-43-35-27-21-15-12-10-9-11-13-17-25-31-41-49-57-74(79)91-70(61-85-72(77)55-47-39-30-24-18-14-16-22-28-36-44-52-66(3)4)63-89-93(81,82)87-59-69(76)60-88-94(83,84)90-64-71(62-86-73(78)56-48-40-34-33-38-46-54-68(7)8)92-75(80)58-50-42-32-26-20-19-23-29-37-45-53-67(5)6/h65-71,76H,9-64H2,1-8H3,(H,81,82)(H,83,84)/t69-,70-,71-/m1/s1. The van der Waals surface area contributed by atoms with Crippen LogP contribution in [-0.2, 0) is 65.4 Å². The van der Waals surface area contributed by atoms with Crippen LogP contribution >= 0.6 is 15.6 Å². The van der Waals surface area contributed by atoms with Crippen molar-refractivity contribution in [3.8, 4) is 0 Å². The highest BCUT2D eigenvalue weighted by Crippen LogP contribution is 2.45. The highest BCUT2D eigenvalue weighted by Gasteiger charge is 2.30. The van der Waals surface area contributed by atoms with Gasteiger partial charge in [0.05, 0.1) is 26.4 Å². The van der Waals surface area contributed by atoms with E-state index in [9.17, 15) is 43.2 Å². The van der Waals surface area contributed by atoms with Gasteiger partial charge in [-0.3, -0.25) is 37.3 Å². The van der Waals surface area contributed by atoms with Crippen LogP contribution in [0.1, 0.15) is 376 Å². The third-order valence-corrected chi connectivity index (χ3v) is 19.2. The SMILES string of the molecule is CC(C)CCCCCCCCCCCCCCCCCC(=O)O[C@H](COC(=O)CCCCCCCCCCCCCC(C)C)COP(=O)(O)OC[C@@H](O)COP(=O)(O)OC[C@@H](COC(=O)CCCCCCCCC(C)C)OC(=O)CCCCCCCCCCCCC(C)C. The summed E-state index contributed by atoms with van der Waals surface area (Å²) in [5, 5.41) is 10.6. The number of carbonyl (C=O) groups is 4. The van der Waals surface area contributed by atoms with E-state index in [0.29, 0.717) is 31.6 Å². The topological polar surface area (TPSA) is 237 Å². The Morgan fingerprint density at radius 2 is 0.447 bits per heavy atom. The molecule has 0 spiro atoms. The van der Waals surface area contributed by atoms with E-state index in [1.165, 1.54) is 173 Å². The number of phosphoric acid groups is 2. The van der Waals surface area contributed by atoms with Crippen LogP contribution in [0, 0.1) is 23.7 Å². The fourth-order valence-electron chi connectivity index (χ4n) is 11.4. The summed E-state index contributed by atoms with van der Waals surface area (Å²) in [7, 11) is -9.91. The Balaban J connectivity index is 5.24. The van der Waals surface area contributed by atoms with E-state index in [1.807, 2.05) is 0 Å². The third-order valence-electron chi connectivity index (χ3n) is 17.3. The van der Waals surface area contributed by atoms with Crippen molar-refractivity contribution < 1.29 is 80.2 Å². The van der Waals surface area contributed by atoms with Crippen molar-refractivity contribution in [3.05, 3.63) is 0 Å². The monoisotopic (exact) mass is 1380 g/mol. The molecular formula is C75H146O17P2. The minimum absolute atomic E-state index is 0.104. The number of unbranched alkanes of at least 4 members (excludes halogenated alkanes) is 38. The molecule has 0 aliphatic rings. The van der Waals surface area contributed by atoms with Gasteiger partial charge in [0.25, 0.3) is 0 Å². The van der Waals surface area contributed by atoms with E-state index < -0.39 is 97.5 Å². The summed E-state index contributed by atoms with van der Waals surface area (Å²) >= 11 is 0. The van der Waals surface area contributed by atoms with Gasteiger partial charge in [-0.25, -0.2) is 9.13 Å². The Morgan fingerprint density at radius 1 is 0.266 bits per heavy atom. The zero-order chi connectivity index (χ0) is 69.6. The van der Waals surface area contributed by atoms with Gasteiger partial charge >= 0.3 is 39.5 Å². The van der Waals surface area contributed by atoms with Crippen LogP contribution in [0.25, 0.3) is 0 Å². The van der Waals surface area contributed by atoms with Gasteiger partial charge < -0.3 is 33.8 Å². The van der Waals surface area contributed by atoms with E-state index in [4.69, 9.17) is 37.0 Å². The molecule has 0 aliphatic heterocycles. The van der Waals surface area contributed by atoms with Crippen molar-refractivity contribution in [1.82, 2.24) is 0 Å². The average molecular weight is 1380 g/mol. The molecule has 558 valence electrons. The molecule has 3 N–H and O–H groups in total. The molecular weight excluding hydrogens is 1230 g/mol. The van der Waals surface area contributed by atoms with Gasteiger partial charge in [-0.05, 0) is 49.4 Å². The van der Waals surface area contributed by atoms with Gasteiger partial charge in [-0.2, -0.15) is 0 Å². The van der Waals surface area contributed by atoms with Crippen LogP contribution in [0.4, 0.5) is 0 Å². The minimum Gasteiger partial charge on any atom is -0.462 e. The Kier molecular flexibility index (Phi) is 63.1. The maximum atomic E-state index is 13.1. The first kappa shape index (κ1) is 92.1. The lowest BCUT2D eigenvalue weighted by Crippen LogP contribution is -2.30. The Bertz CT molecular complexity index is 1850. The second-order valence-corrected chi connectivity index (χ2v) is 31.9. The number of rotatable bonds is 72. The lowest BCUT2D eigenvalue weighted by Gasteiger charge is -2.21. The average Bonchev–Trinajstić information content (AvgIpc) is 1.30. The molecule has 0 fully saturated rings. The van der Waals surface area contributed by atoms with Gasteiger partial charge in [0.1, 0.15) is 19.3 Å². The number of aliphatic hydroxyl groups is 1. The molecule has 0 saturated heterocycles. The number of phosphoric ester groups is 2. The number of esters is 4. The molecule has 0 aromatic rings. The van der Waals surface area contributed by atoms with Gasteiger partial charge in [0.15, 0.2) is 12.2 Å². The summed E-state index contributed by atoms with van der Waals surface area (Å²) in [6.07, 6.45) is 48.7. The lowest BCUT2D eigenvalue weighted by atomic mass is 10.0. The number of hydrogen-bond donors (Lipinski definition) is 3. The number of hydrogen-bond acceptors (Lipinski definition) is 15. The van der Waals surface area contributed by atoms with E-state index in [1.54, 1.807) is 0 Å². The number of carbonyl (C=O) groups excluding carboxylic acids is 4. The maximum absolute atomic E-state index is 13.1. The zero-order valence-corrected chi connectivity index (χ0v) is 63.4. The number of aliphatic hydroxyl groups excluding tert-OH is 1. The molecule has 0 radical (unpaired) electrons. The molecule has 0 amide bonds. The van der Waals surface area contributed by atoms with Crippen molar-refractivity contribution in [2.45, 2.75) is 395 Å². The van der Waals surface area contributed by atoms with E-state index in [0.717, 1.165) is 114 Å². The van der Waals surface area contributed by atoms with Crippen molar-refractivity contribution >= 4 is 39.5 Å². The predicted molar refractivity (Wildman–Crippen MR) is 381 cm³/mol. The summed E-state index contributed by atoms with van der Waals surface area (Å²) in [6.45, 7) is 14.1. The lowest BCUT2D eigenvalue weighted by molar-refractivity contribution is -0.161. The molecule has 0 bridgehead atoms. The summed E-state index contributed by atoms with van der Waals surface area (Å²) in [5.41, 5.74) is 0. The van der Waals surface area contributed by atoms with Crippen molar-refractivity contribution in [2.75, 3.05) is 39.6 Å². The number of ether oxygens (including phenoxy) is 4. The van der Waals surface area contributed by atoms with E-state index >= 15 is 0 Å². The highest BCUT2D eigenvalue weighted by molar-refractivity contribution is 7.47. The Labute approximate surface area is 575 Å². The van der Waals surface area contributed by atoms with Crippen molar-refractivity contribution in [2.24, 2.45) is 23.7 Å². The molecule has 0 heterocycles. The minimum atomic E-state index is -4.96. The van der Waals surface area contributed by atoms with Gasteiger partial charge in [0, 0.05) is 25.7 Å². The summed E-state index contributed by atoms with van der Waals surface area (Å²) in [5.74, 6) is 0.881. The van der Waals surface area contributed by atoms with Gasteiger partial charge in [-0.1, -0.05) is 325 Å². The fraction of sp³-hybridized carbons (Fsp3) is 0.947. The van der Waals surface area contributed by atoms with Gasteiger partial charge in [0.2, 0.25) is 0 Å². The largest absolute Gasteiger partial charge is 0.472 e. The van der Waals surface area contributed by atoms with Crippen LogP contribution in [0.5, 0.6) is 0 Å². The molecule has 0 rings (SSSR count). The van der Waals surface area contributed by atoms with Crippen molar-refractivity contribution in [3.63, 3.8) is 0 Å².